The number of carboxylic acid groups (broad SMARTS) is 1. The average molecular weight is 175 g/mol. The molecule has 1 saturated heterocycles. The van der Waals surface area contributed by atoms with Gasteiger partial charge in [-0.1, -0.05) is 0 Å². The molecular formula is C7H13NO2S. The summed E-state index contributed by atoms with van der Waals surface area (Å²) in [5.41, 5.74) is 0. The number of carbonyl (C=O) groups is 1. The zero-order valence-corrected chi connectivity index (χ0v) is 7.79. The maximum atomic E-state index is 10.8. The Bertz CT molecular complexity index is 193. The molecule has 1 heterocycles. The van der Waals surface area contributed by atoms with Crippen LogP contribution >= 0.6 is 11.8 Å². The SMILES string of the molecule is CC1(C)NC[C@](C)(C(=O)O)S1. The van der Waals surface area contributed by atoms with Crippen LogP contribution in [0.5, 0.6) is 0 Å². The molecule has 1 aliphatic heterocycles. The Morgan fingerprint density at radius 2 is 2.09 bits per heavy atom. The molecule has 0 aromatic heterocycles. The van der Waals surface area contributed by atoms with E-state index in [0.717, 1.165) is 0 Å². The molecule has 2 N–H and O–H groups in total. The second-order valence-electron chi connectivity index (χ2n) is 3.50. The van der Waals surface area contributed by atoms with E-state index in [1.807, 2.05) is 13.8 Å². The molecule has 1 fully saturated rings. The number of aliphatic carboxylic acids is 1. The van der Waals surface area contributed by atoms with Crippen LogP contribution in [0.4, 0.5) is 0 Å². The Labute approximate surface area is 70.6 Å². The Morgan fingerprint density at radius 3 is 2.27 bits per heavy atom. The van der Waals surface area contributed by atoms with E-state index in [9.17, 15) is 4.79 Å². The molecule has 0 aliphatic carbocycles. The molecule has 0 bridgehead atoms. The van der Waals surface area contributed by atoms with E-state index in [1.54, 1.807) is 6.92 Å². The predicted molar refractivity (Wildman–Crippen MR) is 45.7 cm³/mol. The molecular weight excluding hydrogens is 162 g/mol. The summed E-state index contributed by atoms with van der Waals surface area (Å²) >= 11 is 1.47. The van der Waals surface area contributed by atoms with Crippen LogP contribution in [0.15, 0.2) is 0 Å². The van der Waals surface area contributed by atoms with E-state index in [4.69, 9.17) is 5.11 Å². The van der Waals surface area contributed by atoms with Gasteiger partial charge in [-0.05, 0) is 20.8 Å². The molecule has 0 amide bonds. The lowest BCUT2D eigenvalue weighted by Gasteiger charge is -2.19. The molecule has 0 radical (unpaired) electrons. The van der Waals surface area contributed by atoms with Gasteiger partial charge in [0, 0.05) is 6.54 Å². The first-order valence-corrected chi connectivity index (χ1v) is 4.36. The third kappa shape index (κ3) is 1.68. The fourth-order valence-electron chi connectivity index (χ4n) is 1.14. The van der Waals surface area contributed by atoms with Crippen molar-refractivity contribution in [2.24, 2.45) is 0 Å². The number of thioether (sulfide) groups is 1. The molecule has 0 saturated carbocycles. The lowest BCUT2D eigenvalue weighted by atomic mass is 10.2. The van der Waals surface area contributed by atoms with Crippen molar-refractivity contribution in [3.05, 3.63) is 0 Å². The Morgan fingerprint density at radius 1 is 1.55 bits per heavy atom. The number of hydrogen-bond donors (Lipinski definition) is 2. The quantitative estimate of drug-likeness (QED) is 0.621. The van der Waals surface area contributed by atoms with Crippen molar-refractivity contribution < 1.29 is 9.90 Å². The minimum Gasteiger partial charge on any atom is -0.480 e. The van der Waals surface area contributed by atoms with Crippen LogP contribution in [0.1, 0.15) is 20.8 Å². The van der Waals surface area contributed by atoms with Crippen LogP contribution in [0, 0.1) is 0 Å². The van der Waals surface area contributed by atoms with Crippen molar-refractivity contribution in [3.63, 3.8) is 0 Å². The summed E-state index contributed by atoms with van der Waals surface area (Å²) in [7, 11) is 0. The number of carboxylic acids is 1. The molecule has 0 unspecified atom stereocenters. The summed E-state index contributed by atoms with van der Waals surface area (Å²) in [5.74, 6) is -0.736. The van der Waals surface area contributed by atoms with E-state index in [2.05, 4.69) is 5.32 Å². The van der Waals surface area contributed by atoms with Crippen LogP contribution in [0.3, 0.4) is 0 Å². The Kier molecular flexibility index (Phi) is 1.92. The second kappa shape index (κ2) is 2.38. The molecule has 0 spiro atoms. The van der Waals surface area contributed by atoms with Crippen molar-refractivity contribution in [2.45, 2.75) is 30.4 Å². The van der Waals surface area contributed by atoms with Crippen molar-refractivity contribution >= 4 is 17.7 Å². The third-order valence-corrected chi connectivity index (χ3v) is 3.21. The first kappa shape index (κ1) is 8.87. The Balaban J connectivity index is 2.73. The van der Waals surface area contributed by atoms with Crippen LogP contribution in [-0.4, -0.2) is 27.2 Å². The average Bonchev–Trinajstić information content (AvgIpc) is 2.08. The van der Waals surface area contributed by atoms with Gasteiger partial charge in [0.25, 0.3) is 0 Å². The summed E-state index contributed by atoms with van der Waals surface area (Å²) < 4.78 is -0.649. The second-order valence-corrected chi connectivity index (χ2v) is 5.63. The molecule has 11 heavy (non-hydrogen) atoms. The van der Waals surface area contributed by atoms with Gasteiger partial charge in [0.05, 0.1) is 4.87 Å². The molecule has 1 aliphatic rings. The van der Waals surface area contributed by atoms with E-state index in [1.165, 1.54) is 11.8 Å². The van der Waals surface area contributed by atoms with E-state index in [-0.39, 0.29) is 4.87 Å². The lowest BCUT2D eigenvalue weighted by molar-refractivity contribution is -0.139. The number of nitrogens with one attached hydrogen (secondary N) is 1. The van der Waals surface area contributed by atoms with Gasteiger partial charge in [-0.3, -0.25) is 4.79 Å². The minimum absolute atomic E-state index is 0.104. The smallest absolute Gasteiger partial charge is 0.320 e. The van der Waals surface area contributed by atoms with E-state index < -0.39 is 10.7 Å². The largest absolute Gasteiger partial charge is 0.480 e. The number of hydrogen-bond acceptors (Lipinski definition) is 3. The van der Waals surface area contributed by atoms with E-state index >= 15 is 0 Å². The summed E-state index contributed by atoms with van der Waals surface area (Å²) in [6.45, 7) is 6.28. The van der Waals surface area contributed by atoms with Gasteiger partial charge in [-0.25, -0.2) is 0 Å². The molecule has 0 aromatic rings. The minimum atomic E-state index is -0.736. The van der Waals surface area contributed by atoms with E-state index in [0.29, 0.717) is 6.54 Å². The van der Waals surface area contributed by atoms with Gasteiger partial charge in [0.1, 0.15) is 4.75 Å². The normalized spacial score (nSPS) is 35.5. The van der Waals surface area contributed by atoms with Crippen LogP contribution in [-0.2, 0) is 4.79 Å². The summed E-state index contributed by atoms with van der Waals surface area (Å²) in [5, 5.41) is 12.0. The molecule has 1 atom stereocenters. The predicted octanol–water partition coefficient (Wildman–Crippen LogP) is 0.902. The topological polar surface area (TPSA) is 49.3 Å². The van der Waals surface area contributed by atoms with Gasteiger partial charge in [-0.15, -0.1) is 11.8 Å². The van der Waals surface area contributed by atoms with Gasteiger partial charge >= 0.3 is 5.97 Å². The van der Waals surface area contributed by atoms with Gasteiger partial charge in [-0.2, -0.15) is 0 Å². The first-order valence-electron chi connectivity index (χ1n) is 3.54. The molecule has 3 nitrogen and oxygen atoms in total. The van der Waals surface area contributed by atoms with Crippen LogP contribution < -0.4 is 5.32 Å². The Hall–Kier alpha value is -0.220. The highest BCUT2D eigenvalue weighted by atomic mass is 32.2. The highest BCUT2D eigenvalue weighted by molar-refractivity contribution is 8.02. The highest BCUT2D eigenvalue weighted by Gasteiger charge is 2.45. The first-order chi connectivity index (χ1) is 4.86. The van der Waals surface area contributed by atoms with Crippen molar-refractivity contribution in [1.29, 1.82) is 0 Å². The fourth-order valence-corrected chi connectivity index (χ4v) is 2.64. The maximum absolute atomic E-state index is 10.8. The molecule has 0 aromatic carbocycles. The fraction of sp³-hybridized carbons (Fsp3) is 0.857. The highest BCUT2D eigenvalue weighted by Crippen LogP contribution is 2.40. The summed E-state index contributed by atoms with van der Waals surface area (Å²) in [6, 6.07) is 0. The van der Waals surface area contributed by atoms with Gasteiger partial charge in [0.15, 0.2) is 0 Å². The van der Waals surface area contributed by atoms with Crippen molar-refractivity contribution in [1.82, 2.24) is 5.32 Å². The third-order valence-electron chi connectivity index (χ3n) is 1.78. The summed E-state index contributed by atoms with van der Waals surface area (Å²) in [6.07, 6.45) is 0. The lowest BCUT2D eigenvalue weighted by Crippen LogP contribution is -2.35. The zero-order chi connectivity index (χ0) is 8.70. The monoisotopic (exact) mass is 175 g/mol. The molecule has 64 valence electrons. The zero-order valence-electron chi connectivity index (χ0n) is 6.97. The summed E-state index contributed by atoms with van der Waals surface area (Å²) in [4.78, 5) is 10.6. The van der Waals surface area contributed by atoms with Gasteiger partial charge in [0.2, 0.25) is 0 Å². The van der Waals surface area contributed by atoms with Crippen LogP contribution in [0.2, 0.25) is 0 Å². The van der Waals surface area contributed by atoms with Crippen molar-refractivity contribution in [2.75, 3.05) is 6.54 Å². The van der Waals surface area contributed by atoms with Crippen LogP contribution in [0.25, 0.3) is 0 Å². The molecule has 1 rings (SSSR count). The maximum Gasteiger partial charge on any atom is 0.320 e. The number of rotatable bonds is 1. The standard InChI is InChI=1S/C7H13NO2S/c1-6(2)8-4-7(3,11-6)5(9)10/h8H,4H2,1-3H3,(H,9,10)/t7-/m1/s1. The van der Waals surface area contributed by atoms with Crippen molar-refractivity contribution in [3.8, 4) is 0 Å². The molecule has 4 heteroatoms. The van der Waals surface area contributed by atoms with Gasteiger partial charge < -0.3 is 10.4 Å².